The molecule has 0 atom stereocenters. The molecule has 1 fully saturated rings. The third kappa shape index (κ3) is 2.51. The summed E-state index contributed by atoms with van der Waals surface area (Å²) < 4.78 is 28.7. The highest BCUT2D eigenvalue weighted by molar-refractivity contribution is 7.90. The second-order valence-electron chi connectivity index (χ2n) is 5.41. The van der Waals surface area contributed by atoms with E-state index in [4.69, 9.17) is 4.52 Å². The van der Waals surface area contributed by atoms with Crippen molar-refractivity contribution in [2.45, 2.75) is 30.6 Å². The molecule has 1 aliphatic carbocycles. The summed E-state index contributed by atoms with van der Waals surface area (Å²) in [6.07, 6.45) is 4.55. The van der Waals surface area contributed by atoms with Gasteiger partial charge in [-0.1, -0.05) is 17.3 Å². The lowest BCUT2D eigenvalue weighted by Gasteiger charge is -2.08. The summed E-state index contributed by atoms with van der Waals surface area (Å²) in [5.74, 6) is 0.648. The third-order valence-corrected chi connectivity index (χ3v) is 4.96. The summed E-state index contributed by atoms with van der Waals surface area (Å²) in [4.78, 5) is 12.8. The van der Waals surface area contributed by atoms with Crippen LogP contribution in [0.25, 0.3) is 0 Å². The van der Waals surface area contributed by atoms with Crippen LogP contribution < -0.4 is 0 Å². The Hall–Kier alpha value is -1.95. The average molecular weight is 305 g/mol. The molecule has 0 unspecified atom stereocenters. The molecule has 5 nitrogen and oxygen atoms in total. The molecule has 0 N–H and O–H groups in total. The molecule has 3 rings (SSSR count). The van der Waals surface area contributed by atoms with Crippen molar-refractivity contribution in [2.75, 3.05) is 6.26 Å². The predicted octanol–water partition coefficient (Wildman–Crippen LogP) is 2.49. The summed E-state index contributed by atoms with van der Waals surface area (Å²) in [5, 5.41) is 3.72. The molecule has 21 heavy (non-hydrogen) atoms. The van der Waals surface area contributed by atoms with Crippen LogP contribution in [0.5, 0.6) is 0 Å². The van der Waals surface area contributed by atoms with Gasteiger partial charge in [-0.3, -0.25) is 4.79 Å². The van der Waals surface area contributed by atoms with E-state index in [1.165, 1.54) is 12.3 Å². The fourth-order valence-corrected chi connectivity index (χ4v) is 3.46. The van der Waals surface area contributed by atoms with Gasteiger partial charge in [-0.15, -0.1) is 0 Å². The van der Waals surface area contributed by atoms with Gasteiger partial charge in [0.2, 0.25) is 0 Å². The molecule has 1 aromatic carbocycles. The van der Waals surface area contributed by atoms with E-state index in [2.05, 4.69) is 5.16 Å². The highest BCUT2D eigenvalue weighted by atomic mass is 32.2. The number of carbonyl (C=O) groups is 1. The van der Waals surface area contributed by atoms with Crippen LogP contribution in [0.3, 0.4) is 0 Å². The first-order valence-corrected chi connectivity index (χ1v) is 8.57. The Morgan fingerprint density at radius 3 is 2.62 bits per heavy atom. The van der Waals surface area contributed by atoms with Crippen molar-refractivity contribution in [1.82, 2.24) is 5.16 Å². The van der Waals surface area contributed by atoms with E-state index in [1.807, 2.05) is 0 Å². The fraction of sp³-hybridized carbons (Fsp3) is 0.333. The Balaban J connectivity index is 2.08. The third-order valence-electron chi connectivity index (χ3n) is 3.72. The van der Waals surface area contributed by atoms with Gasteiger partial charge < -0.3 is 4.52 Å². The van der Waals surface area contributed by atoms with E-state index < -0.39 is 9.84 Å². The number of ketones is 1. The van der Waals surface area contributed by atoms with Crippen molar-refractivity contribution in [3.8, 4) is 0 Å². The minimum atomic E-state index is -3.36. The molecule has 1 aliphatic rings. The normalized spacial score (nSPS) is 15.1. The van der Waals surface area contributed by atoms with Crippen LogP contribution in [-0.2, 0) is 9.84 Å². The second kappa shape index (κ2) is 4.80. The minimum Gasteiger partial charge on any atom is -0.360 e. The number of benzene rings is 1. The molecular weight excluding hydrogens is 290 g/mol. The number of nitrogens with zero attached hydrogens (tertiary/aromatic N) is 1. The first kappa shape index (κ1) is 14.0. The number of hydrogen-bond acceptors (Lipinski definition) is 5. The van der Waals surface area contributed by atoms with Gasteiger partial charge in [-0.2, -0.15) is 0 Å². The average Bonchev–Trinajstić information content (AvgIpc) is 3.14. The highest BCUT2D eigenvalue weighted by Gasteiger charge is 2.33. The van der Waals surface area contributed by atoms with E-state index in [0.29, 0.717) is 22.5 Å². The van der Waals surface area contributed by atoms with Crippen molar-refractivity contribution in [2.24, 2.45) is 0 Å². The van der Waals surface area contributed by atoms with Crippen LogP contribution in [0.2, 0.25) is 0 Å². The molecule has 6 heteroatoms. The molecule has 0 amide bonds. The molecule has 1 heterocycles. The van der Waals surface area contributed by atoms with Crippen molar-refractivity contribution in [3.05, 3.63) is 46.8 Å². The molecule has 0 spiro atoms. The first-order chi connectivity index (χ1) is 9.89. The minimum absolute atomic E-state index is 0.178. The predicted molar refractivity (Wildman–Crippen MR) is 76.2 cm³/mol. The first-order valence-electron chi connectivity index (χ1n) is 6.68. The summed E-state index contributed by atoms with van der Waals surface area (Å²) in [6.45, 7) is 1.65. The van der Waals surface area contributed by atoms with Gasteiger partial charge in [0.1, 0.15) is 0 Å². The molecule has 0 aliphatic heterocycles. The maximum absolute atomic E-state index is 12.7. The van der Waals surface area contributed by atoms with E-state index in [0.717, 1.165) is 19.1 Å². The van der Waals surface area contributed by atoms with Crippen LogP contribution in [0.4, 0.5) is 0 Å². The Bertz CT molecular complexity index is 816. The lowest BCUT2D eigenvalue weighted by atomic mass is 9.99. The summed E-state index contributed by atoms with van der Waals surface area (Å²) >= 11 is 0. The highest BCUT2D eigenvalue weighted by Crippen LogP contribution is 2.42. The Kier molecular flexibility index (Phi) is 3.20. The van der Waals surface area contributed by atoms with Crippen LogP contribution in [0.15, 0.2) is 33.8 Å². The molecule has 0 saturated heterocycles. The van der Waals surface area contributed by atoms with Gasteiger partial charge in [-0.25, -0.2) is 8.42 Å². The molecule has 0 bridgehead atoms. The quantitative estimate of drug-likeness (QED) is 0.811. The van der Waals surface area contributed by atoms with Gasteiger partial charge in [-0.05, 0) is 31.4 Å². The number of aromatic nitrogens is 1. The topological polar surface area (TPSA) is 77.2 Å². The summed E-state index contributed by atoms with van der Waals surface area (Å²) in [6, 6.07) is 4.73. The molecule has 2 aromatic rings. The Morgan fingerprint density at radius 2 is 2.00 bits per heavy atom. The van der Waals surface area contributed by atoms with Gasteiger partial charge >= 0.3 is 0 Å². The number of rotatable bonds is 4. The molecule has 1 aromatic heterocycles. The second-order valence-corrected chi connectivity index (χ2v) is 7.39. The molecular formula is C15H15NO4S. The van der Waals surface area contributed by atoms with E-state index in [1.54, 1.807) is 19.1 Å². The van der Waals surface area contributed by atoms with Gasteiger partial charge in [0.15, 0.2) is 21.4 Å². The maximum atomic E-state index is 12.7. The monoisotopic (exact) mass is 305 g/mol. The number of sulfone groups is 1. The van der Waals surface area contributed by atoms with Crippen LogP contribution in [-0.4, -0.2) is 25.6 Å². The summed E-state index contributed by atoms with van der Waals surface area (Å²) in [7, 11) is -3.36. The number of carbonyl (C=O) groups excluding carboxylic acids is 1. The van der Waals surface area contributed by atoms with Crippen LogP contribution in [0.1, 0.15) is 46.0 Å². The Morgan fingerprint density at radius 1 is 1.29 bits per heavy atom. The van der Waals surface area contributed by atoms with Gasteiger partial charge in [0.25, 0.3) is 0 Å². The lowest BCUT2D eigenvalue weighted by molar-refractivity contribution is 0.103. The van der Waals surface area contributed by atoms with E-state index >= 15 is 0 Å². The lowest BCUT2D eigenvalue weighted by Crippen LogP contribution is -2.09. The zero-order valence-electron chi connectivity index (χ0n) is 11.8. The molecule has 110 valence electrons. The van der Waals surface area contributed by atoms with Crippen LogP contribution in [0, 0.1) is 6.92 Å². The zero-order valence-corrected chi connectivity index (χ0v) is 12.6. The van der Waals surface area contributed by atoms with Crippen LogP contribution >= 0.6 is 0 Å². The van der Waals surface area contributed by atoms with Gasteiger partial charge in [0.05, 0.1) is 16.7 Å². The van der Waals surface area contributed by atoms with E-state index in [9.17, 15) is 13.2 Å². The standard InChI is InChI=1S/C15H15NO4S/c1-9-11(4-3-5-13(9)21(2,18)19)14(17)12-8-16-20-15(12)10-6-7-10/h3-5,8,10H,6-7H2,1-2H3. The smallest absolute Gasteiger partial charge is 0.198 e. The Labute approximate surface area is 122 Å². The zero-order chi connectivity index (χ0) is 15.2. The van der Waals surface area contributed by atoms with Gasteiger partial charge in [0, 0.05) is 17.7 Å². The molecule has 0 radical (unpaired) electrons. The van der Waals surface area contributed by atoms with Crippen molar-refractivity contribution >= 4 is 15.6 Å². The largest absolute Gasteiger partial charge is 0.360 e. The van der Waals surface area contributed by atoms with Crippen molar-refractivity contribution in [1.29, 1.82) is 0 Å². The molecule has 1 saturated carbocycles. The van der Waals surface area contributed by atoms with Crippen molar-refractivity contribution in [3.63, 3.8) is 0 Å². The summed E-state index contributed by atoms with van der Waals surface area (Å²) in [5.41, 5.74) is 1.28. The van der Waals surface area contributed by atoms with E-state index in [-0.39, 0.29) is 16.6 Å². The van der Waals surface area contributed by atoms with Crippen molar-refractivity contribution < 1.29 is 17.7 Å². The maximum Gasteiger partial charge on any atom is 0.198 e. The number of hydrogen-bond donors (Lipinski definition) is 0. The SMILES string of the molecule is Cc1c(C(=O)c2cnoc2C2CC2)cccc1S(C)(=O)=O. The fourth-order valence-electron chi connectivity index (χ4n) is 2.47.